The minimum atomic E-state index is -0.250. The molecule has 0 spiro atoms. The second-order valence-electron chi connectivity index (χ2n) is 3.59. The molecule has 2 aromatic heterocycles. The summed E-state index contributed by atoms with van der Waals surface area (Å²) in [5.74, 6) is 1.05. The first-order valence-electron chi connectivity index (χ1n) is 5.05. The van der Waals surface area contributed by atoms with Crippen LogP contribution in [0.5, 0.6) is 0 Å². The van der Waals surface area contributed by atoms with Gasteiger partial charge in [0.15, 0.2) is 5.82 Å². The van der Waals surface area contributed by atoms with Crippen LogP contribution in [0.3, 0.4) is 0 Å². The lowest BCUT2D eigenvalue weighted by Gasteiger charge is -1.98. The minimum Gasteiger partial charge on any atom is -0.383 e. The number of hydrogen-bond donors (Lipinski definition) is 2. The number of H-pyrrole nitrogens is 1. The number of benzene rings is 1. The van der Waals surface area contributed by atoms with E-state index in [1.807, 2.05) is 30.3 Å². The van der Waals surface area contributed by atoms with Crippen molar-refractivity contribution in [3.05, 3.63) is 46.8 Å². The lowest BCUT2D eigenvalue weighted by Crippen LogP contribution is -2.15. The first-order valence-corrected chi connectivity index (χ1v) is 5.05. The molecule has 6 heteroatoms. The molecule has 0 aliphatic rings. The van der Waals surface area contributed by atoms with Crippen LogP contribution in [0.4, 0.5) is 5.82 Å². The zero-order valence-corrected chi connectivity index (χ0v) is 8.79. The topological polar surface area (TPSA) is 89.1 Å². The van der Waals surface area contributed by atoms with E-state index >= 15 is 0 Å². The number of nitrogens with zero attached hydrogens (tertiary/aromatic N) is 3. The van der Waals surface area contributed by atoms with Crippen LogP contribution in [-0.4, -0.2) is 19.6 Å². The summed E-state index contributed by atoms with van der Waals surface area (Å²) in [6.07, 6.45) is 0. The zero-order chi connectivity index (χ0) is 11.8. The highest BCUT2D eigenvalue weighted by Crippen LogP contribution is 2.15. The third-order valence-electron chi connectivity index (χ3n) is 2.44. The highest BCUT2D eigenvalue weighted by Gasteiger charge is 2.10. The smallest absolute Gasteiger partial charge is 0.262 e. The van der Waals surface area contributed by atoms with Crippen molar-refractivity contribution in [2.24, 2.45) is 0 Å². The van der Waals surface area contributed by atoms with Crippen LogP contribution < -0.4 is 11.3 Å². The summed E-state index contributed by atoms with van der Waals surface area (Å²) >= 11 is 0. The molecule has 3 N–H and O–H groups in total. The third kappa shape index (κ3) is 1.46. The van der Waals surface area contributed by atoms with Gasteiger partial charge in [-0.2, -0.15) is 10.1 Å². The molecule has 0 bridgehead atoms. The van der Waals surface area contributed by atoms with Crippen molar-refractivity contribution < 1.29 is 0 Å². The summed E-state index contributed by atoms with van der Waals surface area (Å²) in [4.78, 5) is 15.8. The van der Waals surface area contributed by atoms with Crippen molar-refractivity contribution in [3.63, 3.8) is 0 Å². The molecule has 0 fully saturated rings. The van der Waals surface area contributed by atoms with Gasteiger partial charge in [0.2, 0.25) is 5.78 Å². The molecule has 0 aliphatic carbocycles. The number of nitrogen functional groups attached to an aromatic ring is 1. The number of hydrogen-bond acceptors (Lipinski definition) is 4. The van der Waals surface area contributed by atoms with Gasteiger partial charge in [0.25, 0.3) is 5.56 Å². The van der Waals surface area contributed by atoms with Gasteiger partial charge in [-0.3, -0.25) is 4.79 Å². The van der Waals surface area contributed by atoms with E-state index in [2.05, 4.69) is 15.2 Å². The van der Waals surface area contributed by atoms with E-state index in [0.29, 0.717) is 11.6 Å². The Morgan fingerprint density at radius 2 is 2.00 bits per heavy atom. The van der Waals surface area contributed by atoms with Gasteiger partial charge in [-0.05, 0) is 0 Å². The first kappa shape index (κ1) is 9.59. The van der Waals surface area contributed by atoms with Crippen molar-refractivity contribution in [3.8, 4) is 11.4 Å². The second kappa shape index (κ2) is 3.44. The monoisotopic (exact) mass is 227 g/mol. The number of nitrogens with two attached hydrogens (primary N) is 1. The molecule has 6 nitrogen and oxygen atoms in total. The Bertz CT molecular complexity index is 728. The summed E-state index contributed by atoms with van der Waals surface area (Å²) in [5, 5.41) is 6.78. The molecule has 0 aliphatic heterocycles. The molecule has 17 heavy (non-hydrogen) atoms. The van der Waals surface area contributed by atoms with Crippen molar-refractivity contribution in [2.45, 2.75) is 0 Å². The summed E-state index contributed by atoms with van der Waals surface area (Å²) in [6, 6.07) is 10.7. The Kier molecular flexibility index (Phi) is 1.94. The molecule has 1 aromatic carbocycles. The van der Waals surface area contributed by atoms with Crippen LogP contribution in [0.1, 0.15) is 0 Å². The van der Waals surface area contributed by atoms with Crippen molar-refractivity contribution >= 4 is 11.6 Å². The molecule has 0 saturated heterocycles. The van der Waals surface area contributed by atoms with Crippen LogP contribution in [0.2, 0.25) is 0 Å². The Labute approximate surface area is 95.7 Å². The van der Waals surface area contributed by atoms with Gasteiger partial charge in [-0.1, -0.05) is 30.3 Å². The van der Waals surface area contributed by atoms with Crippen molar-refractivity contribution in [1.82, 2.24) is 19.6 Å². The molecule has 3 rings (SSSR count). The molecule has 0 unspecified atom stereocenters. The molecular formula is C11H9N5O. The Hall–Kier alpha value is -2.63. The van der Waals surface area contributed by atoms with Gasteiger partial charge < -0.3 is 5.73 Å². The average molecular weight is 227 g/mol. The molecule has 2 heterocycles. The van der Waals surface area contributed by atoms with Crippen LogP contribution in [0, 0.1) is 0 Å². The average Bonchev–Trinajstić information content (AvgIpc) is 2.74. The molecule has 84 valence electrons. The standard InChI is InChI=1S/C11H9N5O/c12-8-6-9(17)16-10(14-15-11(16)13-8)7-4-2-1-3-5-7/h1-6H,12H2,(H,13,15). The van der Waals surface area contributed by atoms with Gasteiger partial charge >= 0.3 is 0 Å². The van der Waals surface area contributed by atoms with Crippen molar-refractivity contribution in [1.29, 1.82) is 0 Å². The van der Waals surface area contributed by atoms with E-state index in [0.717, 1.165) is 5.56 Å². The summed E-state index contributed by atoms with van der Waals surface area (Å²) in [7, 11) is 0. The number of fused-ring (bicyclic) bond motifs is 1. The predicted octanol–water partition coefficient (Wildman–Crippen LogP) is 0.667. The van der Waals surface area contributed by atoms with Crippen LogP contribution in [0.25, 0.3) is 17.2 Å². The van der Waals surface area contributed by atoms with E-state index in [-0.39, 0.29) is 11.4 Å². The SMILES string of the molecule is Nc1cc(=O)n2c(-c3ccccc3)n[nH]c2n1. The van der Waals surface area contributed by atoms with Crippen LogP contribution >= 0.6 is 0 Å². The van der Waals surface area contributed by atoms with Crippen LogP contribution in [-0.2, 0) is 0 Å². The second-order valence-corrected chi connectivity index (χ2v) is 3.59. The van der Waals surface area contributed by atoms with E-state index in [9.17, 15) is 4.79 Å². The maximum absolute atomic E-state index is 11.8. The fourth-order valence-electron chi connectivity index (χ4n) is 1.71. The molecule has 0 amide bonds. The fourth-order valence-corrected chi connectivity index (χ4v) is 1.71. The van der Waals surface area contributed by atoms with Crippen molar-refractivity contribution in [2.75, 3.05) is 5.73 Å². The summed E-state index contributed by atoms with van der Waals surface area (Å²) < 4.78 is 1.39. The Morgan fingerprint density at radius 3 is 2.76 bits per heavy atom. The minimum absolute atomic E-state index is 0.179. The number of aromatic amines is 1. The quantitative estimate of drug-likeness (QED) is 0.639. The normalized spacial score (nSPS) is 10.8. The summed E-state index contributed by atoms with van der Waals surface area (Å²) in [5.41, 5.74) is 6.09. The third-order valence-corrected chi connectivity index (χ3v) is 2.44. The fraction of sp³-hybridized carbons (Fsp3) is 0. The van der Waals surface area contributed by atoms with Gasteiger partial charge in [-0.15, -0.1) is 0 Å². The maximum atomic E-state index is 11.8. The molecule has 0 atom stereocenters. The predicted molar refractivity (Wildman–Crippen MR) is 63.5 cm³/mol. The van der Waals surface area contributed by atoms with Crippen LogP contribution in [0.15, 0.2) is 41.2 Å². The molecule has 3 aromatic rings. The maximum Gasteiger partial charge on any atom is 0.262 e. The van der Waals surface area contributed by atoms with Gasteiger partial charge in [-0.25, -0.2) is 9.50 Å². The number of aromatic nitrogens is 4. The highest BCUT2D eigenvalue weighted by atomic mass is 16.1. The van der Waals surface area contributed by atoms with E-state index in [4.69, 9.17) is 5.73 Å². The lowest BCUT2D eigenvalue weighted by atomic mass is 10.2. The first-order chi connectivity index (χ1) is 8.25. The van der Waals surface area contributed by atoms with E-state index < -0.39 is 0 Å². The molecular weight excluding hydrogens is 218 g/mol. The Balaban J connectivity index is 2.37. The van der Waals surface area contributed by atoms with Gasteiger partial charge in [0.05, 0.1) is 0 Å². The number of anilines is 1. The zero-order valence-electron chi connectivity index (χ0n) is 8.79. The molecule has 0 radical (unpaired) electrons. The number of nitrogens with one attached hydrogen (secondary N) is 1. The van der Waals surface area contributed by atoms with Gasteiger partial charge in [0, 0.05) is 11.6 Å². The summed E-state index contributed by atoms with van der Waals surface area (Å²) in [6.45, 7) is 0. The van der Waals surface area contributed by atoms with E-state index in [1.54, 1.807) is 0 Å². The molecule has 0 saturated carbocycles. The van der Waals surface area contributed by atoms with E-state index in [1.165, 1.54) is 10.5 Å². The van der Waals surface area contributed by atoms with Gasteiger partial charge in [0.1, 0.15) is 5.82 Å². The Morgan fingerprint density at radius 1 is 1.24 bits per heavy atom. The number of rotatable bonds is 1. The highest BCUT2D eigenvalue weighted by molar-refractivity contribution is 5.58. The lowest BCUT2D eigenvalue weighted by molar-refractivity contribution is 1.06. The largest absolute Gasteiger partial charge is 0.383 e.